The first-order valence-electron chi connectivity index (χ1n) is 7.66. The van der Waals surface area contributed by atoms with Crippen molar-refractivity contribution >= 4 is 23.6 Å². The van der Waals surface area contributed by atoms with Crippen molar-refractivity contribution in [1.29, 1.82) is 0 Å². The summed E-state index contributed by atoms with van der Waals surface area (Å²) in [5.74, 6) is -2.29. The summed E-state index contributed by atoms with van der Waals surface area (Å²) in [5, 5.41) is 5.40. The van der Waals surface area contributed by atoms with Gasteiger partial charge in [0.1, 0.15) is 6.54 Å². The van der Waals surface area contributed by atoms with Crippen molar-refractivity contribution in [3.05, 3.63) is 0 Å². The van der Waals surface area contributed by atoms with Crippen molar-refractivity contribution in [1.82, 2.24) is 10.6 Å². The smallest absolute Gasteiger partial charge is 0.325 e. The molecule has 0 bridgehead atoms. The molecule has 0 aromatic heterocycles. The number of methoxy groups -OCH3 is 2. The van der Waals surface area contributed by atoms with Crippen LogP contribution in [0.3, 0.4) is 0 Å². The minimum absolute atomic E-state index is 0.294. The minimum Gasteiger partial charge on any atom is -0.469 e. The Labute approximate surface area is 134 Å². The van der Waals surface area contributed by atoms with Crippen LogP contribution in [0, 0.1) is 0 Å². The van der Waals surface area contributed by atoms with Crippen LogP contribution in [0.1, 0.15) is 38.5 Å². The molecule has 1 atom stereocenters. The van der Waals surface area contributed by atoms with E-state index in [1.807, 2.05) is 0 Å². The number of amides is 1. The number of rotatable bonds is 5. The molecular weight excluding hydrogens is 304 g/mol. The van der Waals surface area contributed by atoms with Gasteiger partial charge in [-0.15, -0.1) is 0 Å². The fraction of sp³-hybridized carbons (Fsp3) is 0.733. The van der Waals surface area contributed by atoms with E-state index in [2.05, 4.69) is 20.1 Å². The summed E-state index contributed by atoms with van der Waals surface area (Å²) in [6.45, 7) is -0.361. The second-order valence-corrected chi connectivity index (χ2v) is 6.01. The van der Waals surface area contributed by atoms with Crippen LogP contribution in [0.2, 0.25) is 0 Å². The SMILES string of the molecule is COC(=O)CNC(=O)C1(CC(=O)OC)NC2(CCCCC2)C1=O. The quantitative estimate of drug-likeness (QED) is 0.515. The van der Waals surface area contributed by atoms with E-state index in [-0.39, 0.29) is 12.3 Å². The van der Waals surface area contributed by atoms with Gasteiger partial charge in [-0.1, -0.05) is 19.3 Å². The molecule has 2 aliphatic rings. The van der Waals surface area contributed by atoms with Crippen molar-refractivity contribution in [2.24, 2.45) is 0 Å². The molecule has 0 aromatic carbocycles. The van der Waals surface area contributed by atoms with Crippen molar-refractivity contribution in [3.8, 4) is 0 Å². The lowest BCUT2D eigenvalue weighted by Crippen LogP contribution is -2.85. The highest BCUT2D eigenvalue weighted by molar-refractivity contribution is 6.21. The Morgan fingerprint density at radius 1 is 1.09 bits per heavy atom. The van der Waals surface area contributed by atoms with Crippen molar-refractivity contribution in [2.45, 2.75) is 49.6 Å². The van der Waals surface area contributed by atoms with Gasteiger partial charge in [0.25, 0.3) is 0 Å². The van der Waals surface area contributed by atoms with Crippen LogP contribution in [0.15, 0.2) is 0 Å². The molecule has 2 rings (SSSR count). The number of hydrogen-bond acceptors (Lipinski definition) is 7. The first-order valence-corrected chi connectivity index (χ1v) is 7.66. The van der Waals surface area contributed by atoms with Gasteiger partial charge < -0.3 is 14.8 Å². The lowest BCUT2D eigenvalue weighted by atomic mass is 9.62. The Kier molecular flexibility index (Phi) is 5.03. The average molecular weight is 326 g/mol. The van der Waals surface area contributed by atoms with Gasteiger partial charge in [0.15, 0.2) is 11.3 Å². The molecule has 8 nitrogen and oxygen atoms in total. The number of Topliss-reactive ketones (excluding diaryl/α,β-unsaturated/α-hetero) is 1. The van der Waals surface area contributed by atoms with Crippen LogP contribution in [0.4, 0.5) is 0 Å². The zero-order valence-electron chi connectivity index (χ0n) is 13.4. The largest absolute Gasteiger partial charge is 0.469 e. The number of ketones is 1. The molecule has 1 saturated carbocycles. The van der Waals surface area contributed by atoms with Crippen LogP contribution < -0.4 is 10.6 Å². The van der Waals surface area contributed by atoms with Gasteiger partial charge in [0.2, 0.25) is 5.91 Å². The highest BCUT2D eigenvalue weighted by Crippen LogP contribution is 2.42. The molecule has 2 N–H and O–H groups in total. The summed E-state index contributed by atoms with van der Waals surface area (Å²) in [7, 11) is 2.39. The molecule has 1 aliphatic heterocycles. The van der Waals surface area contributed by atoms with E-state index < -0.39 is 35.3 Å². The molecule has 23 heavy (non-hydrogen) atoms. The average Bonchev–Trinajstić information content (AvgIpc) is 2.58. The Hall–Kier alpha value is -1.96. The van der Waals surface area contributed by atoms with Crippen molar-refractivity contribution in [2.75, 3.05) is 20.8 Å². The van der Waals surface area contributed by atoms with Crippen LogP contribution in [0.25, 0.3) is 0 Å². The number of esters is 2. The lowest BCUT2D eigenvalue weighted by molar-refractivity contribution is -0.164. The fourth-order valence-corrected chi connectivity index (χ4v) is 3.40. The summed E-state index contributed by atoms with van der Waals surface area (Å²) in [4.78, 5) is 48.1. The summed E-state index contributed by atoms with van der Waals surface area (Å²) in [6, 6.07) is 0. The highest BCUT2D eigenvalue weighted by Gasteiger charge is 2.67. The second kappa shape index (κ2) is 6.66. The monoisotopic (exact) mass is 326 g/mol. The van der Waals surface area contributed by atoms with Gasteiger partial charge in [-0.05, 0) is 12.8 Å². The number of nitrogens with one attached hydrogen (secondary N) is 2. The predicted octanol–water partition coefficient (Wildman–Crippen LogP) is -0.547. The van der Waals surface area contributed by atoms with E-state index in [1.54, 1.807) is 0 Å². The van der Waals surface area contributed by atoms with E-state index >= 15 is 0 Å². The zero-order valence-corrected chi connectivity index (χ0v) is 13.4. The van der Waals surface area contributed by atoms with Gasteiger partial charge in [-0.25, -0.2) is 0 Å². The standard InChI is InChI=1S/C15H22N2O6/c1-22-10(18)8-15(13(21)16-9-11(19)23-2)12(20)14(17-15)6-4-3-5-7-14/h17H,3-9H2,1-2H3,(H,16,21). The van der Waals surface area contributed by atoms with Crippen molar-refractivity contribution < 1.29 is 28.7 Å². The van der Waals surface area contributed by atoms with E-state index in [1.165, 1.54) is 14.2 Å². The van der Waals surface area contributed by atoms with Crippen LogP contribution in [-0.4, -0.2) is 55.5 Å². The molecule has 1 amide bonds. The van der Waals surface area contributed by atoms with Crippen LogP contribution in [-0.2, 0) is 28.7 Å². The number of ether oxygens (including phenoxy) is 2. The van der Waals surface area contributed by atoms with E-state index in [0.717, 1.165) is 19.3 Å². The maximum Gasteiger partial charge on any atom is 0.325 e. The van der Waals surface area contributed by atoms with Gasteiger partial charge >= 0.3 is 11.9 Å². The van der Waals surface area contributed by atoms with E-state index in [0.29, 0.717) is 12.8 Å². The lowest BCUT2D eigenvalue weighted by Gasteiger charge is -2.55. The molecule has 0 aromatic rings. The minimum atomic E-state index is -1.65. The summed E-state index contributed by atoms with van der Waals surface area (Å²) < 4.78 is 9.05. The normalized spacial score (nSPS) is 25.4. The third-order valence-electron chi connectivity index (χ3n) is 4.63. The number of carbonyl (C=O) groups is 4. The summed E-state index contributed by atoms with van der Waals surface area (Å²) in [5.41, 5.74) is -2.38. The molecule has 1 unspecified atom stereocenters. The summed E-state index contributed by atoms with van der Waals surface area (Å²) >= 11 is 0. The van der Waals surface area contributed by atoms with Crippen molar-refractivity contribution in [3.63, 3.8) is 0 Å². The molecule has 0 radical (unpaired) electrons. The van der Waals surface area contributed by atoms with Crippen LogP contribution >= 0.6 is 0 Å². The molecule has 128 valence electrons. The molecule has 1 spiro atoms. The first-order chi connectivity index (χ1) is 10.9. The third-order valence-corrected chi connectivity index (χ3v) is 4.63. The van der Waals surface area contributed by atoms with Gasteiger partial charge in [-0.2, -0.15) is 0 Å². The Balaban J connectivity index is 2.14. The summed E-state index contributed by atoms with van der Waals surface area (Å²) in [6.07, 6.45) is 3.76. The van der Waals surface area contributed by atoms with Gasteiger partial charge in [0.05, 0.1) is 26.2 Å². The molecular formula is C15H22N2O6. The molecule has 1 heterocycles. The molecule has 1 aliphatic carbocycles. The second-order valence-electron chi connectivity index (χ2n) is 6.01. The van der Waals surface area contributed by atoms with E-state index in [9.17, 15) is 19.2 Å². The molecule has 2 fully saturated rings. The predicted molar refractivity (Wildman–Crippen MR) is 78.3 cm³/mol. The van der Waals surface area contributed by atoms with Gasteiger partial charge in [-0.3, -0.25) is 24.5 Å². The zero-order chi connectivity index (χ0) is 17.1. The number of hydrogen-bond donors (Lipinski definition) is 2. The van der Waals surface area contributed by atoms with Gasteiger partial charge in [0, 0.05) is 0 Å². The Bertz CT molecular complexity index is 526. The maximum atomic E-state index is 12.8. The van der Waals surface area contributed by atoms with E-state index in [4.69, 9.17) is 0 Å². The Morgan fingerprint density at radius 2 is 1.70 bits per heavy atom. The highest BCUT2D eigenvalue weighted by atomic mass is 16.5. The maximum absolute atomic E-state index is 12.8. The number of carbonyl (C=O) groups excluding carboxylic acids is 4. The molecule has 1 saturated heterocycles. The third kappa shape index (κ3) is 3.08. The molecule has 8 heteroatoms. The topological polar surface area (TPSA) is 111 Å². The fourth-order valence-electron chi connectivity index (χ4n) is 3.40. The first kappa shape index (κ1) is 17.4. The Morgan fingerprint density at radius 3 is 2.22 bits per heavy atom. The van der Waals surface area contributed by atoms with Crippen LogP contribution in [0.5, 0.6) is 0 Å².